The van der Waals surface area contributed by atoms with E-state index in [4.69, 9.17) is 4.74 Å². The number of para-hydroxylation sites is 1. The average Bonchev–Trinajstić information content (AvgIpc) is 2.66. The van der Waals surface area contributed by atoms with Gasteiger partial charge in [-0.15, -0.1) is 0 Å². The number of ether oxygens (including phenoxy) is 1. The Morgan fingerprint density at radius 2 is 1.84 bits per heavy atom. The molecule has 1 heterocycles. The lowest BCUT2D eigenvalue weighted by molar-refractivity contribution is -0.136. The molecule has 0 unspecified atom stereocenters. The summed E-state index contributed by atoms with van der Waals surface area (Å²) in [5.41, 5.74) is 2.08. The molecule has 0 saturated carbocycles. The molecule has 0 spiro atoms. The SMILES string of the molecule is COc1ccccc1CNC(=O)C(=O)Nc1cccc2ncccc12. The zero-order valence-corrected chi connectivity index (χ0v) is 13.7. The molecule has 0 radical (unpaired) electrons. The van der Waals surface area contributed by atoms with Crippen LogP contribution in [0.5, 0.6) is 5.75 Å². The van der Waals surface area contributed by atoms with Gasteiger partial charge in [-0.2, -0.15) is 0 Å². The molecule has 3 rings (SSSR count). The summed E-state index contributed by atoms with van der Waals surface area (Å²) < 4.78 is 5.22. The highest BCUT2D eigenvalue weighted by molar-refractivity contribution is 6.40. The first-order chi connectivity index (χ1) is 12.2. The van der Waals surface area contributed by atoms with E-state index in [1.165, 1.54) is 0 Å². The number of carbonyl (C=O) groups excluding carboxylic acids is 2. The molecule has 2 aromatic carbocycles. The fourth-order valence-corrected chi connectivity index (χ4v) is 2.50. The number of nitrogens with zero attached hydrogens (tertiary/aromatic N) is 1. The number of hydrogen-bond acceptors (Lipinski definition) is 4. The van der Waals surface area contributed by atoms with E-state index in [0.717, 1.165) is 16.5 Å². The molecule has 0 atom stereocenters. The van der Waals surface area contributed by atoms with Crippen LogP contribution in [0.25, 0.3) is 10.9 Å². The summed E-state index contributed by atoms with van der Waals surface area (Å²) in [4.78, 5) is 28.5. The molecule has 0 bridgehead atoms. The van der Waals surface area contributed by atoms with Crippen LogP contribution in [0.3, 0.4) is 0 Å². The third kappa shape index (κ3) is 3.74. The first-order valence-electron chi connectivity index (χ1n) is 7.74. The molecule has 0 saturated heterocycles. The van der Waals surface area contributed by atoms with Crippen molar-refractivity contribution in [3.63, 3.8) is 0 Å². The standard InChI is InChI=1S/C19H17N3O3/c1-25-17-10-3-2-6-13(17)12-21-18(23)19(24)22-16-9-4-8-15-14(16)7-5-11-20-15/h2-11H,12H2,1H3,(H,21,23)(H,22,24). The van der Waals surface area contributed by atoms with Crippen molar-refractivity contribution in [3.8, 4) is 5.75 Å². The van der Waals surface area contributed by atoms with Gasteiger partial charge in [-0.3, -0.25) is 14.6 Å². The second kappa shape index (κ2) is 7.44. The molecule has 3 aromatic rings. The predicted octanol–water partition coefficient (Wildman–Crippen LogP) is 2.50. The average molecular weight is 335 g/mol. The monoisotopic (exact) mass is 335 g/mol. The highest BCUT2D eigenvalue weighted by Crippen LogP contribution is 2.21. The third-order valence-electron chi connectivity index (χ3n) is 3.73. The van der Waals surface area contributed by atoms with Crippen LogP contribution < -0.4 is 15.4 Å². The molecule has 6 nitrogen and oxygen atoms in total. The maximum Gasteiger partial charge on any atom is 0.313 e. The predicted molar refractivity (Wildman–Crippen MR) is 95.2 cm³/mol. The van der Waals surface area contributed by atoms with Crippen molar-refractivity contribution < 1.29 is 14.3 Å². The summed E-state index contributed by atoms with van der Waals surface area (Å²) in [5.74, 6) is -0.790. The molecule has 2 amide bonds. The van der Waals surface area contributed by atoms with Crippen molar-refractivity contribution in [2.45, 2.75) is 6.54 Å². The molecule has 0 aliphatic carbocycles. The fourth-order valence-electron chi connectivity index (χ4n) is 2.50. The highest BCUT2D eigenvalue weighted by Gasteiger charge is 2.15. The minimum Gasteiger partial charge on any atom is -0.496 e. The van der Waals surface area contributed by atoms with Crippen molar-refractivity contribution in [2.24, 2.45) is 0 Å². The number of pyridine rings is 1. The van der Waals surface area contributed by atoms with E-state index in [1.54, 1.807) is 37.6 Å². The summed E-state index contributed by atoms with van der Waals surface area (Å²) in [5, 5.41) is 6.00. The Labute approximate surface area is 144 Å². The van der Waals surface area contributed by atoms with Crippen LogP contribution in [0.15, 0.2) is 60.8 Å². The van der Waals surface area contributed by atoms with Gasteiger partial charge in [-0.25, -0.2) is 0 Å². The number of carbonyl (C=O) groups is 2. The van der Waals surface area contributed by atoms with Crippen molar-refractivity contribution in [1.82, 2.24) is 10.3 Å². The Bertz CT molecular complexity index is 919. The summed E-state index contributed by atoms with van der Waals surface area (Å²) in [7, 11) is 1.56. The summed E-state index contributed by atoms with van der Waals surface area (Å²) >= 11 is 0. The second-order valence-electron chi connectivity index (χ2n) is 5.32. The van der Waals surface area contributed by atoms with Gasteiger partial charge in [0.2, 0.25) is 0 Å². The molecule has 126 valence electrons. The van der Waals surface area contributed by atoms with Crippen LogP contribution in [-0.2, 0) is 16.1 Å². The minimum atomic E-state index is -0.730. The number of rotatable bonds is 4. The molecule has 25 heavy (non-hydrogen) atoms. The maximum absolute atomic E-state index is 12.2. The van der Waals surface area contributed by atoms with Gasteiger partial charge >= 0.3 is 11.8 Å². The van der Waals surface area contributed by atoms with Gasteiger partial charge in [0.1, 0.15) is 5.75 Å². The van der Waals surface area contributed by atoms with Crippen LogP contribution in [0, 0.1) is 0 Å². The molecule has 0 fully saturated rings. The van der Waals surface area contributed by atoms with Crippen LogP contribution in [-0.4, -0.2) is 23.9 Å². The molecule has 0 aliphatic heterocycles. The number of methoxy groups -OCH3 is 1. The number of aromatic nitrogens is 1. The topological polar surface area (TPSA) is 80.3 Å². The molecular weight excluding hydrogens is 318 g/mol. The Hall–Kier alpha value is -3.41. The Morgan fingerprint density at radius 1 is 1.00 bits per heavy atom. The Morgan fingerprint density at radius 3 is 2.68 bits per heavy atom. The number of hydrogen-bond donors (Lipinski definition) is 2. The maximum atomic E-state index is 12.2. The fraction of sp³-hybridized carbons (Fsp3) is 0.105. The van der Waals surface area contributed by atoms with E-state index in [0.29, 0.717) is 11.4 Å². The van der Waals surface area contributed by atoms with Crippen LogP contribution >= 0.6 is 0 Å². The highest BCUT2D eigenvalue weighted by atomic mass is 16.5. The van der Waals surface area contributed by atoms with Gasteiger partial charge in [0.25, 0.3) is 0 Å². The van der Waals surface area contributed by atoms with Crippen molar-refractivity contribution >= 4 is 28.4 Å². The number of amides is 2. The van der Waals surface area contributed by atoms with E-state index in [9.17, 15) is 9.59 Å². The van der Waals surface area contributed by atoms with E-state index in [1.807, 2.05) is 30.3 Å². The van der Waals surface area contributed by atoms with Gasteiger partial charge in [0.05, 0.1) is 18.3 Å². The first-order valence-corrected chi connectivity index (χ1v) is 7.74. The Kier molecular flexibility index (Phi) is 4.89. The lowest BCUT2D eigenvalue weighted by Gasteiger charge is -2.10. The van der Waals surface area contributed by atoms with Gasteiger partial charge in [-0.1, -0.05) is 24.3 Å². The molecule has 0 aliphatic rings. The third-order valence-corrected chi connectivity index (χ3v) is 3.73. The second-order valence-corrected chi connectivity index (χ2v) is 5.32. The van der Waals surface area contributed by atoms with Gasteiger partial charge in [0, 0.05) is 23.7 Å². The summed E-state index contributed by atoms with van der Waals surface area (Å²) in [6.45, 7) is 0.202. The van der Waals surface area contributed by atoms with Gasteiger partial charge in [-0.05, 0) is 30.3 Å². The van der Waals surface area contributed by atoms with E-state index in [-0.39, 0.29) is 6.54 Å². The van der Waals surface area contributed by atoms with Crippen LogP contribution in [0.1, 0.15) is 5.56 Å². The number of anilines is 1. The van der Waals surface area contributed by atoms with E-state index in [2.05, 4.69) is 15.6 Å². The zero-order chi connectivity index (χ0) is 17.6. The van der Waals surface area contributed by atoms with Crippen molar-refractivity contribution in [2.75, 3.05) is 12.4 Å². The van der Waals surface area contributed by atoms with Crippen LogP contribution in [0.2, 0.25) is 0 Å². The Balaban J connectivity index is 1.67. The summed E-state index contributed by atoms with van der Waals surface area (Å²) in [6, 6.07) is 16.3. The van der Waals surface area contributed by atoms with E-state index >= 15 is 0 Å². The molecular formula is C19H17N3O3. The van der Waals surface area contributed by atoms with Crippen molar-refractivity contribution in [1.29, 1.82) is 0 Å². The number of nitrogens with one attached hydrogen (secondary N) is 2. The zero-order valence-electron chi connectivity index (χ0n) is 13.7. The largest absolute Gasteiger partial charge is 0.496 e. The summed E-state index contributed by atoms with van der Waals surface area (Å²) in [6.07, 6.45) is 1.67. The smallest absolute Gasteiger partial charge is 0.313 e. The number of fused-ring (bicyclic) bond motifs is 1. The minimum absolute atomic E-state index is 0.202. The lowest BCUT2D eigenvalue weighted by atomic mass is 10.2. The van der Waals surface area contributed by atoms with Gasteiger partial charge in [0.15, 0.2) is 0 Å². The quantitative estimate of drug-likeness (QED) is 0.718. The van der Waals surface area contributed by atoms with E-state index < -0.39 is 11.8 Å². The molecule has 1 aromatic heterocycles. The lowest BCUT2D eigenvalue weighted by Crippen LogP contribution is -2.35. The normalized spacial score (nSPS) is 10.3. The van der Waals surface area contributed by atoms with Crippen molar-refractivity contribution in [3.05, 3.63) is 66.4 Å². The first kappa shape index (κ1) is 16.4. The molecule has 2 N–H and O–H groups in total. The van der Waals surface area contributed by atoms with Gasteiger partial charge < -0.3 is 15.4 Å². The molecule has 6 heteroatoms. The number of benzene rings is 2. The van der Waals surface area contributed by atoms with Crippen LogP contribution in [0.4, 0.5) is 5.69 Å².